The average Bonchev–Trinajstić information content (AvgIpc) is 2.37. The molecular weight excluding hydrogens is 216 g/mol. The molecule has 0 radical (unpaired) electrons. The first-order chi connectivity index (χ1) is 8.00. The van der Waals surface area contributed by atoms with Crippen molar-refractivity contribution in [3.63, 3.8) is 0 Å². The van der Waals surface area contributed by atoms with Crippen LogP contribution >= 0.6 is 0 Å². The number of aliphatic hydroxyl groups excluding tert-OH is 1. The van der Waals surface area contributed by atoms with E-state index in [4.69, 9.17) is 10.8 Å². The van der Waals surface area contributed by atoms with Gasteiger partial charge < -0.3 is 15.7 Å². The molecule has 4 heteroatoms. The van der Waals surface area contributed by atoms with Crippen LogP contribution in [0.3, 0.4) is 0 Å². The summed E-state index contributed by atoms with van der Waals surface area (Å²) in [6.45, 7) is 8.36. The Morgan fingerprint density at radius 3 is 2.00 bits per heavy atom. The van der Waals surface area contributed by atoms with Crippen LogP contribution in [0.1, 0.15) is 53.4 Å². The molecule has 0 fully saturated rings. The zero-order valence-electron chi connectivity index (χ0n) is 11.7. The molecule has 3 N–H and O–H groups in total. The van der Waals surface area contributed by atoms with Crippen molar-refractivity contribution in [2.45, 2.75) is 65.0 Å². The zero-order valence-corrected chi connectivity index (χ0v) is 11.7. The maximum atomic E-state index is 12.5. The second-order valence-electron chi connectivity index (χ2n) is 4.56. The summed E-state index contributed by atoms with van der Waals surface area (Å²) >= 11 is 0. The Morgan fingerprint density at radius 2 is 1.71 bits per heavy atom. The lowest BCUT2D eigenvalue weighted by Crippen LogP contribution is -2.57. The quantitative estimate of drug-likeness (QED) is 0.680. The molecule has 0 heterocycles. The van der Waals surface area contributed by atoms with Crippen LogP contribution in [0.25, 0.3) is 0 Å². The lowest BCUT2D eigenvalue weighted by Gasteiger charge is -2.37. The van der Waals surface area contributed by atoms with Crippen molar-refractivity contribution in [3.05, 3.63) is 0 Å². The van der Waals surface area contributed by atoms with Crippen molar-refractivity contribution < 1.29 is 9.90 Å². The number of aliphatic hydroxyl groups is 1. The smallest absolute Gasteiger partial charge is 0.242 e. The number of nitrogens with zero attached hydrogens (tertiary/aromatic N) is 1. The van der Waals surface area contributed by atoms with Gasteiger partial charge in [-0.05, 0) is 25.7 Å². The number of carbonyl (C=O) groups is 1. The Morgan fingerprint density at radius 1 is 1.24 bits per heavy atom. The number of amides is 1. The van der Waals surface area contributed by atoms with Crippen LogP contribution in [0, 0.1) is 0 Å². The molecule has 0 aromatic rings. The molecule has 102 valence electrons. The van der Waals surface area contributed by atoms with Crippen molar-refractivity contribution in [2.75, 3.05) is 13.2 Å². The second-order valence-corrected chi connectivity index (χ2v) is 4.56. The van der Waals surface area contributed by atoms with E-state index < -0.39 is 5.54 Å². The minimum atomic E-state index is -0.780. The van der Waals surface area contributed by atoms with E-state index in [1.165, 1.54) is 0 Å². The summed E-state index contributed by atoms with van der Waals surface area (Å²) in [4.78, 5) is 14.2. The van der Waals surface area contributed by atoms with Crippen LogP contribution in [-0.2, 0) is 4.79 Å². The summed E-state index contributed by atoms with van der Waals surface area (Å²) < 4.78 is 0. The molecule has 0 saturated heterocycles. The summed E-state index contributed by atoms with van der Waals surface area (Å²) in [6, 6.07) is 0.177. The minimum Gasteiger partial charge on any atom is -0.395 e. The molecular formula is C13H28N2O2. The molecule has 0 unspecified atom stereocenters. The zero-order chi connectivity index (χ0) is 13.5. The molecule has 0 spiro atoms. The fourth-order valence-corrected chi connectivity index (χ4v) is 2.13. The highest BCUT2D eigenvalue weighted by molar-refractivity contribution is 5.86. The standard InChI is InChI=1S/C13H28N2O2/c1-5-11(6-2)15(9-10-16)12(17)13(14,7-3)8-4/h11,16H,5-10,14H2,1-4H3. The first-order valence-electron chi connectivity index (χ1n) is 6.71. The first kappa shape index (κ1) is 16.4. The minimum absolute atomic E-state index is 0.00819. The molecule has 0 aliphatic heterocycles. The first-order valence-corrected chi connectivity index (χ1v) is 6.71. The molecule has 0 aromatic carbocycles. The molecule has 0 aliphatic rings. The summed E-state index contributed by atoms with van der Waals surface area (Å²) in [6.07, 6.45) is 3.05. The van der Waals surface area contributed by atoms with Crippen LogP contribution in [0.15, 0.2) is 0 Å². The van der Waals surface area contributed by atoms with E-state index >= 15 is 0 Å². The maximum Gasteiger partial charge on any atom is 0.242 e. The largest absolute Gasteiger partial charge is 0.395 e. The van der Waals surface area contributed by atoms with Gasteiger partial charge in [-0.3, -0.25) is 4.79 Å². The molecule has 0 rings (SSSR count). The van der Waals surface area contributed by atoms with Crippen LogP contribution in [-0.4, -0.2) is 40.6 Å². The van der Waals surface area contributed by atoms with Gasteiger partial charge in [0.15, 0.2) is 0 Å². The van der Waals surface area contributed by atoms with E-state index in [2.05, 4.69) is 13.8 Å². The van der Waals surface area contributed by atoms with E-state index in [1.807, 2.05) is 13.8 Å². The van der Waals surface area contributed by atoms with E-state index in [-0.39, 0.29) is 18.6 Å². The van der Waals surface area contributed by atoms with Gasteiger partial charge in [0.25, 0.3) is 0 Å². The van der Waals surface area contributed by atoms with E-state index in [9.17, 15) is 4.79 Å². The van der Waals surface area contributed by atoms with Gasteiger partial charge in [0, 0.05) is 12.6 Å². The van der Waals surface area contributed by atoms with Gasteiger partial charge in [0.2, 0.25) is 5.91 Å². The Hall–Kier alpha value is -0.610. The molecule has 1 amide bonds. The fourth-order valence-electron chi connectivity index (χ4n) is 2.13. The number of rotatable bonds is 8. The van der Waals surface area contributed by atoms with Gasteiger partial charge in [0.05, 0.1) is 12.1 Å². The highest BCUT2D eigenvalue weighted by Crippen LogP contribution is 2.19. The third-order valence-corrected chi connectivity index (χ3v) is 3.67. The Bertz CT molecular complexity index is 223. The van der Waals surface area contributed by atoms with Crippen molar-refractivity contribution in [2.24, 2.45) is 5.73 Å². The van der Waals surface area contributed by atoms with Crippen molar-refractivity contribution >= 4 is 5.91 Å². The summed E-state index contributed by atoms with van der Waals surface area (Å²) in [7, 11) is 0. The molecule has 17 heavy (non-hydrogen) atoms. The Kier molecular flexibility index (Phi) is 7.39. The van der Waals surface area contributed by atoms with Crippen molar-refractivity contribution in [1.29, 1.82) is 0 Å². The number of hydrogen-bond donors (Lipinski definition) is 2. The van der Waals surface area contributed by atoms with Crippen LogP contribution in [0.5, 0.6) is 0 Å². The summed E-state index contributed by atoms with van der Waals surface area (Å²) in [5, 5.41) is 9.10. The van der Waals surface area contributed by atoms with Gasteiger partial charge >= 0.3 is 0 Å². The molecule has 0 atom stereocenters. The third kappa shape index (κ3) is 3.96. The highest BCUT2D eigenvalue weighted by atomic mass is 16.3. The molecule has 0 aliphatic carbocycles. The molecule has 0 aromatic heterocycles. The van der Waals surface area contributed by atoms with Crippen LogP contribution in [0.4, 0.5) is 0 Å². The Labute approximate surface area is 105 Å². The lowest BCUT2D eigenvalue weighted by molar-refractivity contribution is -0.140. The number of hydrogen-bond acceptors (Lipinski definition) is 3. The number of nitrogens with two attached hydrogens (primary N) is 1. The lowest BCUT2D eigenvalue weighted by atomic mass is 9.91. The van der Waals surface area contributed by atoms with Crippen LogP contribution < -0.4 is 5.73 Å². The molecule has 4 nitrogen and oxygen atoms in total. The average molecular weight is 244 g/mol. The predicted molar refractivity (Wildman–Crippen MR) is 70.7 cm³/mol. The van der Waals surface area contributed by atoms with E-state index in [0.717, 1.165) is 12.8 Å². The van der Waals surface area contributed by atoms with Crippen LogP contribution in [0.2, 0.25) is 0 Å². The van der Waals surface area contributed by atoms with Crippen molar-refractivity contribution in [3.8, 4) is 0 Å². The Balaban J connectivity index is 4.98. The maximum absolute atomic E-state index is 12.5. The van der Waals surface area contributed by atoms with Gasteiger partial charge in [-0.1, -0.05) is 27.7 Å². The van der Waals surface area contributed by atoms with Crippen molar-refractivity contribution in [1.82, 2.24) is 4.90 Å². The fraction of sp³-hybridized carbons (Fsp3) is 0.923. The SMILES string of the molecule is CCC(CC)N(CCO)C(=O)C(N)(CC)CC. The topological polar surface area (TPSA) is 66.6 Å². The highest BCUT2D eigenvalue weighted by Gasteiger charge is 2.35. The molecule has 0 bridgehead atoms. The summed E-state index contributed by atoms with van der Waals surface area (Å²) in [5.41, 5.74) is 5.37. The second kappa shape index (κ2) is 7.67. The van der Waals surface area contributed by atoms with Gasteiger partial charge in [-0.15, -0.1) is 0 Å². The summed E-state index contributed by atoms with van der Waals surface area (Å²) in [5.74, 6) is -0.0229. The number of carbonyl (C=O) groups excluding carboxylic acids is 1. The molecule has 0 saturated carbocycles. The third-order valence-electron chi connectivity index (χ3n) is 3.67. The van der Waals surface area contributed by atoms with E-state index in [1.54, 1.807) is 4.90 Å². The van der Waals surface area contributed by atoms with Gasteiger partial charge in [-0.25, -0.2) is 0 Å². The predicted octanol–water partition coefficient (Wildman–Crippen LogP) is 1.51. The van der Waals surface area contributed by atoms with Gasteiger partial charge in [-0.2, -0.15) is 0 Å². The van der Waals surface area contributed by atoms with Gasteiger partial charge in [0.1, 0.15) is 0 Å². The normalized spacial score (nSPS) is 11.9. The van der Waals surface area contributed by atoms with E-state index in [0.29, 0.717) is 19.4 Å². The monoisotopic (exact) mass is 244 g/mol.